The molecule has 0 spiro atoms. The third kappa shape index (κ3) is 4.60. The Bertz CT molecular complexity index is 1100. The molecule has 1 aromatic heterocycles. The molecule has 0 aliphatic heterocycles. The maximum atomic E-state index is 12.5. The Morgan fingerprint density at radius 3 is 2.34 bits per heavy atom. The molecule has 8 heteroatoms. The molecule has 3 rings (SSSR count). The average molecular weight is 394 g/mol. The highest BCUT2D eigenvalue weighted by Crippen LogP contribution is 2.18. The molecule has 0 unspecified atom stereocenters. The standard InChI is InChI=1S/C21H22N4O4/c1-13(2)14-8-10-15(11-9-14)29-12-18(26)22-23-20(27)19-16-6-4-5-7-17(16)21(28)25(3)24-19/h4-11,13H,12H2,1-3H3,(H,22,26)(H,23,27). The van der Waals surface area contributed by atoms with E-state index in [1.165, 1.54) is 12.6 Å². The van der Waals surface area contributed by atoms with Crippen LogP contribution in [0.4, 0.5) is 0 Å². The second-order valence-corrected chi connectivity index (χ2v) is 6.84. The summed E-state index contributed by atoms with van der Waals surface area (Å²) in [5.41, 5.74) is 5.49. The summed E-state index contributed by atoms with van der Waals surface area (Å²) in [7, 11) is 1.46. The number of hydrogen-bond donors (Lipinski definition) is 2. The van der Waals surface area contributed by atoms with Gasteiger partial charge in [-0.15, -0.1) is 0 Å². The van der Waals surface area contributed by atoms with Crippen LogP contribution in [0.5, 0.6) is 5.75 Å². The van der Waals surface area contributed by atoms with Crippen LogP contribution < -0.4 is 21.1 Å². The predicted octanol–water partition coefficient (Wildman–Crippen LogP) is 1.90. The maximum Gasteiger partial charge on any atom is 0.290 e. The number of aryl methyl sites for hydroxylation is 1. The molecule has 29 heavy (non-hydrogen) atoms. The maximum absolute atomic E-state index is 12.5. The Labute approximate surface area is 167 Å². The predicted molar refractivity (Wildman–Crippen MR) is 109 cm³/mol. The first-order valence-corrected chi connectivity index (χ1v) is 9.15. The molecule has 8 nitrogen and oxygen atoms in total. The number of rotatable bonds is 5. The van der Waals surface area contributed by atoms with Gasteiger partial charge in [-0.2, -0.15) is 5.10 Å². The number of nitrogens with one attached hydrogen (secondary N) is 2. The highest BCUT2D eigenvalue weighted by Gasteiger charge is 2.16. The Morgan fingerprint density at radius 1 is 1.03 bits per heavy atom. The highest BCUT2D eigenvalue weighted by molar-refractivity contribution is 6.05. The van der Waals surface area contributed by atoms with Crippen molar-refractivity contribution in [1.29, 1.82) is 0 Å². The summed E-state index contributed by atoms with van der Waals surface area (Å²) < 4.78 is 6.51. The largest absolute Gasteiger partial charge is 0.484 e. The molecule has 0 atom stereocenters. The van der Waals surface area contributed by atoms with Crippen LogP contribution in [0.3, 0.4) is 0 Å². The van der Waals surface area contributed by atoms with E-state index in [4.69, 9.17) is 4.74 Å². The molecule has 0 aliphatic rings. The lowest BCUT2D eigenvalue weighted by molar-refractivity contribution is -0.123. The molecule has 1 heterocycles. The first-order valence-electron chi connectivity index (χ1n) is 9.15. The molecule has 0 bridgehead atoms. The van der Waals surface area contributed by atoms with E-state index >= 15 is 0 Å². The van der Waals surface area contributed by atoms with Crippen molar-refractivity contribution in [2.75, 3.05) is 6.61 Å². The van der Waals surface area contributed by atoms with Gasteiger partial charge in [-0.3, -0.25) is 25.2 Å². The fourth-order valence-electron chi connectivity index (χ4n) is 2.79. The van der Waals surface area contributed by atoms with Gasteiger partial charge in [0.25, 0.3) is 17.4 Å². The lowest BCUT2D eigenvalue weighted by atomic mass is 10.0. The molecule has 0 saturated heterocycles. The van der Waals surface area contributed by atoms with Crippen molar-refractivity contribution in [3.05, 3.63) is 70.1 Å². The average Bonchev–Trinajstić information content (AvgIpc) is 2.73. The van der Waals surface area contributed by atoms with Crippen LogP contribution in [-0.2, 0) is 11.8 Å². The molecule has 0 radical (unpaired) electrons. The van der Waals surface area contributed by atoms with Crippen molar-refractivity contribution in [2.24, 2.45) is 7.05 Å². The topological polar surface area (TPSA) is 102 Å². The van der Waals surface area contributed by atoms with Crippen LogP contribution in [0.1, 0.15) is 35.8 Å². The van der Waals surface area contributed by atoms with Gasteiger partial charge in [0.2, 0.25) is 0 Å². The van der Waals surface area contributed by atoms with Crippen LogP contribution in [-0.4, -0.2) is 28.2 Å². The summed E-state index contributed by atoms with van der Waals surface area (Å²) in [6.45, 7) is 3.92. The molecule has 3 aromatic rings. The van der Waals surface area contributed by atoms with Gasteiger partial charge in [0.05, 0.1) is 5.39 Å². The van der Waals surface area contributed by atoms with Gasteiger partial charge in [0.15, 0.2) is 12.3 Å². The van der Waals surface area contributed by atoms with Crippen molar-refractivity contribution in [3.8, 4) is 5.75 Å². The number of benzene rings is 2. The number of carbonyl (C=O) groups excluding carboxylic acids is 2. The lowest BCUT2D eigenvalue weighted by Gasteiger charge is -2.11. The summed E-state index contributed by atoms with van der Waals surface area (Å²) in [6, 6.07) is 14.1. The van der Waals surface area contributed by atoms with Crippen LogP contribution >= 0.6 is 0 Å². The van der Waals surface area contributed by atoms with Crippen molar-refractivity contribution in [3.63, 3.8) is 0 Å². The molecule has 0 saturated carbocycles. The molecule has 0 fully saturated rings. The molecule has 2 amide bonds. The Balaban J connectivity index is 1.61. The minimum absolute atomic E-state index is 0.0354. The van der Waals surface area contributed by atoms with Crippen LogP contribution in [0.2, 0.25) is 0 Å². The van der Waals surface area contributed by atoms with Gasteiger partial charge >= 0.3 is 0 Å². The van der Waals surface area contributed by atoms with E-state index in [1.807, 2.05) is 12.1 Å². The summed E-state index contributed by atoms with van der Waals surface area (Å²) >= 11 is 0. The fraction of sp³-hybridized carbons (Fsp3) is 0.238. The number of fused-ring (bicyclic) bond motifs is 1. The lowest BCUT2D eigenvalue weighted by Crippen LogP contribution is -2.44. The zero-order valence-electron chi connectivity index (χ0n) is 16.4. The minimum Gasteiger partial charge on any atom is -0.484 e. The number of aromatic nitrogens is 2. The first-order chi connectivity index (χ1) is 13.9. The smallest absolute Gasteiger partial charge is 0.290 e. The van der Waals surface area contributed by atoms with E-state index in [0.717, 1.165) is 4.68 Å². The van der Waals surface area contributed by atoms with Gasteiger partial charge in [-0.25, -0.2) is 4.68 Å². The van der Waals surface area contributed by atoms with Crippen molar-refractivity contribution in [2.45, 2.75) is 19.8 Å². The number of hydrazine groups is 1. The van der Waals surface area contributed by atoms with Gasteiger partial charge in [-0.1, -0.05) is 44.2 Å². The van der Waals surface area contributed by atoms with Crippen molar-refractivity contribution in [1.82, 2.24) is 20.6 Å². The monoisotopic (exact) mass is 394 g/mol. The van der Waals surface area contributed by atoms with E-state index in [9.17, 15) is 14.4 Å². The third-order valence-electron chi connectivity index (χ3n) is 4.40. The van der Waals surface area contributed by atoms with Crippen molar-refractivity contribution < 1.29 is 14.3 Å². The second-order valence-electron chi connectivity index (χ2n) is 6.84. The molecule has 2 aromatic carbocycles. The first kappa shape index (κ1) is 20.1. The van der Waals surface area contributed by atoms with E-state index < -0.39 is 11.8 Å². The van der Waals surface area contributed by atoms with Gasteiger partial charge in [-0.05, 0) is 29.7 Å². The Kier molecular flexibility index (Phi) is 5.92. The SMILES string of the molecule is CC(C)c1ccc(OCC(=O)NNC(=O)c2nn(C)c(=O)c3ccccc23)cc1. The van der Waals surface area contributed by atoms with E-state index in [1.54, 1.807) is 36.4 Å². The van der Waals surface area contributed by atoms with Crippen LogP contribution in [0.25, 0.3) is 10.8 Å². The molecular weight excluding hydrogens is 372 g/mol. The van der Waals surface area contributed by atoms with Gasteiger partial charge in [0, 0.05) is 12.4 Å². The normalized spacial score (nSPS) is 10.8. The summed E-state index contributed by atoms with van der Waals surface area (Å²) in [5, 5.41) is 4.78. The minimum atomic E-state index is -0.633. The number of carbonyl (C=O) groups is 2. The van der Waals surface area contributed by atoms with E-state index in [2.05, 4.69) is 29.8 Å². The molecular formula is C21H22N4O4. The molecule has 150 valence electrons. The zero-order chi connectivity index (χ0) is 21.0. The summed E-state index contributed by atoms with van der Waals surface area (Å²) in [6.07, 6.45) is 0. The van der Waals surface area contributed by atoms with E-state index in [0.29, 0.717) is 22.4 Å². The van der Waals surface area contributed by atoms with Crippen LogP contribution in [0.15, 0.2) is 53.3 Å². The van der Waals surface area contributed by atoms with Gasteiger partial charge in [0.1, 0.15) is 5.75 Å². The fourth-order valence-corrected chi connectivity index (χ4v) is 2.79. The number of hydrogen-bond acceptors (Lipinski definition) is 5. The Morgan fingerprint density at radius 2 is 1.69 bits per heavy atom. The summed E-state index contributed by atoms with van der Waals surface area (Å²) in [4.78, 5) is 36.6. The Hall–Kier alpha value is -3.68. The quantitative estimate of drug-likeness (QED) is 0.644. The third-order valence-corrected chi connectivity index (χ3v) is 4.40. The zero-order valence-corrected chi connectivity index (χ0v) is 16.4. The molecule has 0 aliphatic carbocycles. The number of ether oxygens (including phenoxy) is 1. The van der Waals surface area contributed by atoms with Crippen molar-refractivity contribution >= 4 is 22.6 Å². The van der Waals surface area contributed by atoms with E-state index in [-0.39, 0.29) is 17.9 Å². The highest BCUT2D eigenvalue weighted by atomic mass is 16.5. The number of nitrogens with zero attached hydrogens (tertiary/aromatic N) is 2. The number of amides is 2. The summed E-state index contributed by atoms with van der Waals surface area (Å²) in [5.74, 6) is -0.196. The second kappa shape index (κ2) is 8.55. The van der Waals surface area contributed by atoms with Crippen LogP contribution in [0, 0.1) is 0 Å². The van der Waals surface area contributed by atoms with Gasteiger partial charge < -0.3 is 4.74 Å². The molecule has 2 N–H and O–H groups in total.